The minimum Gasteiger partial charge on any atom is -0.497 e. The van der Waals surface area contributed by atoms with Crippen LogP contribution in [-0.4, -0.2) is 17.0 Å². The van der Waals surface area contributed by atoms with Gasteiger partial charge in [-0.25, -0.2) is 0 Å². The van der Waals surface area contributed by atoms with E-state index >= 15 is 0 Å². The van der Waals surface area contributed by atoms with E-state index in [9.17, 15) is 10.1 Å². The Labute approximate surface area is 111 Å². The first-order valence-electron chi connectivity index (χ1n) is 5.82. The van der Waals surface area contributed by atoms with Crippen LogP contribution in [0.5, 0.6) is 5.75 Å². The lowest BCUT2D eigenvalue weighted by Gasteiger charge is -2.08. The van der Waals surface area contributed by atoms with Crippen LogP contribution in [0.1, 0.15) is 16.7 Å². The smallest absolute Gasteiger partial charge is 0.291 e. The molecule has 1 aromatic heterocycles. The molecule has 0 amide bonds. The predicted octanol–water partition coefficient (Wildman–Crippen LogP) is 2.90. The lowest BCUT2D eigenvalue weighted by atomic mass is 10.00. The van der Waals surface area contributed by atoms with Crippen LogP contribution in [-0.2, 0) is 6.42 Å². The van der Waals surface area contributed by atoms with Crippen LogP contribution in [0.2, 0.25) is 0 Å². The summed E-state index contributed by atoms with van der Waals surface area (Å²) in [6, 6.07) is 7.39. The Morgan fingerprint density at radius 3 is 2.74 bits per heavy atom. The van der Waals surface area contributed by atoms with Crippen molar-refractivity contribution in [2.45, 2.75) is 13.3 Å². The average molecular weight is 258 g/mol. The summed E-state index contributed by atoms with van der Waals surface area (Å²) in [7, 11) is 1.61. The number of hydrogen-bond donors (Lipinski definition) is 0. The first kappa shape index (κ1) is 13.0. The van der Waals surface area contributed by atoms with Crippen molar-refractivity contribution in [3.05, 3.63) is 63.5 Å². The van der Waals surface area contributed by atoms with Crippen molar-refractivity contribution in [3.8, 4) is 5.75 Å². The van der Waals surface area contributed by atoms with Gasteiger partial charge in [0, 0.05) is 18.2 Å². The van der Waals surface area contributed by atoms with Crippen LogP contribution in [0.25, 0.3) is 0 Å². The van der Waals surface area contributed by atoms with Crippen molar-refractivity contribution >= 4 is 5.69 Å². The van der Waals surface area contributed by atoms with Crippen molar-refractivity contribution in [1.82, 2.24) is 4.98 Å². The molecule has 5 heteroatoms. The molecular formula is C14H14N2O3. The fraction of sp³-hybridized carbons (Fsp3) is 0.214. The van der Waals surface area contributed by atoms with E-state index in [0.29, 0.717) is 12.0 Å². The molecule has 98 valence electrons. The number of methoxy groups -OCH3 is 1. The number of ether oxygens (including phenoxy) is 1. The minimum absolute atomic E-state index is 0.0534. The highest BCUT2D eigenvalue weighted by Gasteiger charge is 2.14. The van der Waals surface area contributed by atoms with Crippen LogP contribution in [0.3, 0.4) is 0 Å². The number of aromatic nitrogens is 1. The maximum atomic E-state index is 10.9. The molecule has 0 unspecified atom stereocenters. The highest BCUT2D eigenvalue weighted by molar-refractivity contribution is 5.43. The van der Waals surface area contributed by atoms with Crippen LogP contribution >= 0.6 is 0 Å². The summed E-state index contributed by atoms with van der Waals surface area (Å²) in [5.74, 6) is 0.783. The fourth-order valence-corrected chi connectivity index (χ4v) is 1.93. The van der Waals surface area contributed by atoms with Crippen molar-refractivity contribution < 1.29 is 9.66 Å². The Morgan fingerprint density at radius 2 is 2.11 bits per heavy atom. The van der Waals surface area contributed by atoms with E-state index in [0.717, 1.165) is 16.9 Å². The number of nitro groups is 1. The number of benzene rings is 1. The summed E-state index contributed by atoms with van der Waals surface area (Å²) < 4.78 is 5.14. The summed E-state index contributed by atoms with van der Waals surface area (Å²) >= 11 is 0. The molecule has 5 nitrogen and oxygen atoms in total. The minimum atomic E-state index is -0.402. The Kier molecular flexibility index (Phi) is 3.75. The van der Waals surface area contributed by atoms with Gasteiger partial charge in [0.25, 0.3) is 5.69 Å². The monoisotopic (exact) mass is 258 g/mol. The van der Waals surface area contributed by atoms with Gasteiger partial charge in [-0.15, -0.1) is 0 Å². The van der Waals surface area contributed by atoms with Gasteiger partial charge in [-0.3, -0.25) is 15.1 Å². The van der Waals surface area contributed by atoms with Gasteiger partial charge in [-0.2, -0.15) is 0 Å². The summed E-state index contributed by atoms with van der Waals surface area (Å²) in [4.78, 5) is 14.3. The number of rotatable bonds is 4. The van der Waals surface area contributed by atoms with Gasteiger partial charge in [0.15, 0.2) is 0 Å². The molecule has 1 heterocycles. The van der Waals surface area contributed by atoms with Gasteiger partial charge in [0.05, 0.1) is 12.0 Å². The second-order valence-corrected chi connectivity index (χ2v) is 4.23. The first-order chi connectivity index (χ1) is 9.11. The third kappa shape index (κ3) is 2.88. The molecule has 2 aromatic rings. The number of nitrogens with zero attached hydrogens (tertiary/aromatic N) is 2. The van der Waals surface area contributed by atoms with Gasteiger partial charge < -0.3 is 4.74 Å². The van der Waals surface area contributed by atoms with Crippen LogP contribution < -0.4 is 4.74 Å². The number of pyridine rings is 1. The van der Waals surface area contributed by atoms with E-state index in [1.807, 2.05) is 25.1 Å². The van der Waals surface area contributed by atoms with Gasteiger partial charge in [0.2, 0.25) is 0 Å². The average Bonchev–Trinajstić information content (AvgIpc) is 2.41. The molecule has 2 rings (SSSR count). The third-order valence-electron chi connectivity index (χ3n) is 3.01. The lowest BCUT2D eigenvalue weighted by Crippen LogP contribution is -1.99. The van der Waals surface area contributed by atoms with Crippen LogP contribution in [0.15, 0.2) is 36.7 Å². The predicted molar refractivity (Wildman–Crippen MR) is 71.4 cm³/mol. The molecule has 0 aliphatic carbocycles. The van der Waals surface area contributed by atoms with Gasteiger partial charge >= 0.3 is 0 Å². The van der Waals surface area contributed by atoms with Crippen LogP contribution in [0.4, 0.5) is 5.69 Å². The normalized spacial score (nSPS) is 10.2. The molecule has 0 saturated heterocycles. The summed E-state index contributed by atoms with van der Waals surface area (Å²) in [5.41, 5.74) is 2.80. The molecule has 0 atom stereocenters. The molecule has 0 N–H and O–H groups in total. The van der Waals surface area contributed by atoms with Gasteiger partial charge in [-0.05, 0) is 36.2 Å². The molecule has 19 heavy (non-hydrogen) atoms. The highest BCUT2D eigenvalue weighted by Crippen LogP contribution is 2.23. The lowest BCUT2D eigenvalue weighted by molar-refractivity contribution is -0.385. The Morgan fingerprint density at radius 1 is 1.32 bits per heavy atom. The maximum Gasteiger partial charge on any atom is 0.291 e. The number of hydrogen-bond acceptors (Lipinski definition) is 4. The van der Waals surface area contributed by atoms with E-state index in [1.54, 1.807) is 19.4 Å². The Hall–Kier alpha value is -2.43. The van der Waals surface area contributed by atoms with E-state index in [-0.39, 0.29) is 5.69 Å². The van der Waals surface area contributed by atoms with Gasteiger partial charge in [0.1, 0.15) is 11.9 Å². The van der Waals surface area contributed by atoms with Crippen LogP contribution in [0, 0.1) is 17.0 Å². The van der Waals surface area contributed by atoms with Gasteiger partial charge in [-0.1, -0.05) is 6.07 Å². The van der Waals surface area contributed by atoms with E-state index in [1.165, 1.54) is 6.20 Å². The molecule has 0 aliphatic heterocycles. The van der Waals surface area contributed by atoms with E-state index in [2.05, 4.69) is 4.98 Å². The largest absolute Gasteiger partial charge is 0.497 e. The molecule has 0 aliphatic rings. The van der Waals surface area contributed by atoms with Crippen molar-refractivity contribution in [2.24, 2.45) is 0 Å². The quantitative estimate of drug-likeness (QED) is 0.624. The molecule has 0 bridgehead atoms. The third-order valence-corrected chi connectivity index (χ3v) is 3.01. The zero-order valence-corrected chi connectivity index (χ0v) is 10.8. The second-order valence-electron chi connectivity index (χ2n) is 4.23. The van der Waals surface area contributed by atoms with Crippen molar-refractivity contribution in [3.63, 3.8) is 0 Å². The molecule has 1 aromatic carbocycles. The Balaban J connectivity index is 2.34. The summed E-state index contributed by atoms with van der Waals surface area (Å²) in [5, 5.41) is 10.9. The second kappa shape index (κ2) is 5.48. The van der Waals surface area contributed by atoms with Crippen molar-refractivity contribution in [1.29, 1.82) is 0 Å². The van der Waals surface area contributed by atoms with Crippen molar-refractivity contribution in [2.75, 3.05) is 7.11 Å². The SMILES string of the molecule is COc1ccc(Cc2ccncc2[N+](=O)[O-])c(C)c1. The standard InChI is InChI=1S/C14H14N2O3/c1-10-7-13(19-2)4-3-11(10)8-12-5-6-15-9-14(12)16(17)18/h3-7,9H,8H2,1-2H3. The highest BCUT2D eigenvalue weighted by atomic mass is 16.6. The number of aryl methyl sites for hydroxylation is 1. The Bertz CT molecular complexity index is 611. The summed E-state index contributed by atoms with van der Waals surface area (Å²) in [6.07, 6.45) is 3.37. The topological polar surface area (TPSA) is 65.3 Å². The summed E-state index contributed by atoms with van der Waals surface area (Å²) in [6.45, 7) is 1.96. The maximum absolute atomic E-state index is 10.9. The zero-order valence-electron chi connectivity index (χ0n) is 10.8. The molecule has 0 spiro atoms. The first-order valence-corrected chi connectivity index (χ1v) is 5.82. The molecule has 0 saturated carbocycles. The fourth-order valence-electron chi connectivity index (χ4n) is 1.93. The molecule has 0 radical (unpaired) electrons. The zero-order chi connectivity index (χ0) is 13.8. The van der Waals surface area contributed by atoms with E-state index < -0.39 is 4.92 Å². The molecule has 0 fully saturated rings. The molecular weight excluding hydrogens is 244 g/mol. The van der Waals surface area contributed by atoms with E-state index in [4.69, 9.17) is 4.74 Å².